The Hall–Kier alpha value is -1.46. The Morgan fingerprint density at radius 2 is 1.70 bits per heavy atom. The van der Waals surface area contributed by atoms with Gasteiger partial charge in [-0.1, -0.05) is 19.1 Å². The van der Waals surface area contributed by atoms with E-state index >= 15 is 0 Å². The van der Waals surface area contributed by atoms with Crippen molar-refractivity contribution in [2.45, 2.75) is 32.7 Å². The van der Waals surface area contributed by atoms with E-state index in [9.17, 15) is 9.18 Å². The summed E-state index contributed by atoms with van der Waals surface area (Å²) in [6.07, 6.45) is 0.683. The lowest BCUT2D eigenvalue weighted by atomic mass is 9.95. The molecule has 0 unspecified atom stereocenters. The molecule has 0 spiro atoms. The first kappa shape index (κ1) is 17.9. The van der Waals surface area contributed by atoms with Crippen molar-refractivity contribution < 1.29 is 9.18 Å². The van der Waals surface area contributed by atoms with Crippen LogP contribution in [0.1, 0.15) is 26.3 Å². The Morgan fingerprint density at radius 3 is 2.26 bits per heavy atom. The molecule has 1 fully saturated rings. The minimum atomic E-state index is -0.347. The molecule has 0 atom stereocenters. The standard InChI is InChI=1S/C18H28FN3O/c1-4-21-9-11-22(12-10-21)14-17(23)20-18(2,3)13-15-5-7-16(19)8-6-15/h5-8H,4,9-14H2,1-3H3,(H,20,23). The summed E-state index contributed by atoms with van der Waals surface area (Å²) in [5, 5.41) is 3.10. The van der Waals surface area contributed by atoms with Gasteiger partial charge in [-0.25, -0.2) is 4.39 Å². The zero-order valence-corrected chi connectivity index (χ0v) is 14.4. The summed E-state index contributed by atoms with van der Waals surface area (Å²) in [4.78, 5) is 16.9. The largest absolute Gasteiger partial charge is 0.350 e. The van der Waals surface area contributed by atoms with Gasteiger partial charge in [0, 0.05) is 31.7 Å². The van der Waals surface area contributed by atoms with Crippen molar-refractivity contribution in [2.75, 3.05) is 39.3 Å². The number of benzene rings is 1. The van der Waals surface area contributed by atoms with Crippen LogP contribution >= 0.6 is 0 Å². The fourth-order valence-corrected chi connectivity index (χ4v) is 3.04. The van der Waals surface area contributed by atoms with Crippen molar-refractivity contribution in [2.24, 2.45) is 0 Å². The fraction of sp³-hybridized carbons (Fsp3) is 0.611. The topological polar surface area (TPSA) is 35.6 Å². The van der Waals surface area contributed by atoms with Gasteiger partial charge in [0.05, 0.1) is 6.54 Å². The molecule has 1 N–H and O–H groups in total. The van der Waals surface area contributed by atoms with Crippen molar-refractivity contribution >= 4 is 5.91 Å². The number of likely N-dealkylation sites (N-methyl/N-ethyl adjacent to an activating group) is 1. The van der Waals surface area contributed by atoms with E-state index in [0.717, 1.165) is 38.3 Å². The molecule has 0 saturated carbocycles. The SMILES string of the molecule is CCN1CCN(CC(=O)NC(C)(C)Cc2ccc(F)cc2)CC1. The van der Waals surface area contributed by atoms with Crippen LogP contribution in [0.25, 0.3) is 0 Å². The van der Waals surface area contributed by atoms with E-state index in [4.69, 9.17) is 0 Å². The number of piperazine rings is 1. The predicted octanol–water partition coefficient (Wildman–Crippen LogP) is 1.90. The van der Waals surface area contributed by atoms with Crippen molar-refractivity contribution in [3.8, 4) is 0 Å². The van der Waals surface area contributed by atoms with Crippen molar-refractivity contribution in [1.29, 1.82) is 0 Å². The third-order valence-corrected chi connectivity index (χ3v) is 4.32. The number of carbonyl (C=O) groups is 1. The lowest BCUT2D eigenvalue weighted by molar-refractivity contribution is -0.124. The number of hydrogen-bond acceptors (Lipinski definition) is 3. The summed E-state index contributed by atoms with van der Waals surface area (Å²) in [5.74, 6) is -0.177. The molecule has 23 heavy (non-hydrogen) atoms. The van der Waals surface area contributed by atoms with Crippen molar-refractivity contribution in [3.05, 3.63) is 35.6 Å². The average Bonchev–Trinajstić information content (AvgIpc) is 2.49. The molecular weight excluding hydrogens is 293 g/mol. The molecule has 1 heterocycles. The Balaban J connectivity index is 1.80. The highest BCUT2D eigenvalue weighted by molar-refractivity contribution is 5.78. The summed E-state index contributed by atoms with van der Waals surface area (Å²) in [7, 11) is 0. The van der Waals surface area contributed by atoms with Gasteiger partial charge in [0.2, 0.25) is 5.91 Å². The maximum atomic E-state index is 13.0. The Labute approximate surface area is 138 Å². The second-order valence-electron chi connectivity index (χ2n) is 6.95. The van der Waals surface area contributed by atoms with Crippen LogP contribution in [-0.2, 0) is 11.2 Å². The van der Waals surface area contributed by atoms with Gasteiger partial charge in [0.25, 0.3) is 0 Å². The second-order valence-corrected chi connectivity index (χ2v) is 6.95. The molecule has 1 aromatic carbocycles. The third-order valence-electron chi connectivity index (χ3n) is 4.32. The molecule has 1 aromatic rings. The van der Waals surface area contributed by atoms with Crippen LogP contribution in [0, 0.1) is 5.82 Å². The van der Waals surface area contributed by atoms with Crippen LogP contribution < -0.4 is 5.32 Å². The first-order chi connectivity index (χ1) is 10.9. The molecule has 1 amide bonds. The number of rotatable bonds is 6. The molecule has 2 rings (SSSR count). The number of nitrogens with one attached hydrogen (secondary N) is 1. The first-order valence-corrected chi connectivity index (χ1v) is 8.38. The predicted molar refractivity (Wildman–Crippen MR) is 90.9 cm³/mol. The van der Waals surface area contributed by atoms with E-state index in [0.29, 0.717) is 13.0 Å². The highest BCUT2D eigenvalue weighted by Gasteiger charge is 2.23. The van der Waals surface area contributed by atoms with Crippen LogP contribution in [-0.4, -0.2) is 60.5 Å². The van der Waals surface area contributed by atoms with E-state index in [2.05, 4.69) is 22.0 Å². The molecule has 1 aliphatic rings. The second kappa shape index (κ2) is 7.88. The number of halogens is 1. The normalized spacial score (nSPS) is 17.2. The van der Waals surface area contributed by atoms with Gasteiger partial charge in [0.1, 0.15) is 5.82 Å². The molecule has 0 bridgehead atoms. The van der Waals surface area contributed by atoms with Gasteiger partial charge in [0.15, 0.2) is 0 Å². The van der Waals surface area contributed by atoms with Gasteiger partial charge in [-0.3, -0.25) is 9.69 Å². The maximum absolute atomic E-state index is 13.0. The van der Waals surface area contributed by atoms with Crippen molar-refractivity contribution in [3.63, 3.8) is 0 Å². The number of amides is 1. The van der Waals surface area contributed by atoms with E-state index < -0.39 is 0 Å². The minimum Gasteiger partial charge on any atom is -0.350 e. The van der Waals surface area contributed by atoms with E-state index in [1.165, 1.54) is 12.1 Å². The number of carbonyl (C=O) groups excluding carboxylic acids is 1. The quantitative estimate of drug-likeness (QED) is 0.869. The monoisotopic (exact) mass is 321 g/mol. The summed E-state index contributed by atoms with van der Waals surface area (Å²) < 4.78 is 13.0. The van der Waals surface area contributed by atoms with Crippen LogP contribution in [0.2, 0.25) is 0 Å². The molecular formula is C18H28FN3O. The number of nitrogens with zero attached hydrogens (tertiary/aromatic N) is 2. The lowest BCUT2D eigenvalue weighted by Gasteiger charge is -2.34. The fourth-order valence-electron chi connectivity index (χ4n) is 3.04. The van der Waals surface area contributed by atoms with Gasteiger partial charge in [-0.2, -0.15) is 0 Å². The summed E-state index contributed by atoms with van der Waals surface area (Å²) in [6.45, 7) is 11.6. The zero-order valence-electron chi connectivity index (χ0n) is 14.4. The zero-order chi connectivity index (χ0) is 16.9. The van der Waals surface area contributed by atoms with Gasteiger partial charge < -0.3 is 10.2 Å². The lowest BCUT2D eigenvalue weighted by Crippen LogP contribution is -2.52. The molecule has 4 nitrogen and oxygen atoms in total. The summed E-state index contributed by atoms with van der Waals surface area (Å²) >= 11 is 0. The highest BCUT2D eigenvalue weighted by atomic mass is 19.1. The van der Waals surface area contributed by atoms with Gasteiger partial charge in [-0.15, -0.1) is 0 Å². The van der Waals surface area contributed by atoms with Crippen LogP contribution in [0.3, 0.4) is 0 Å². The molecule has 1 aliphatic heterocycles. The molecule has 128 valence electrons. The van der Waals surface area contributed by atoms with Crippen molar-refractivity contribution in [1.82, 2.24) is 15.1 Å². The van der Waals surface area contributed by atoms with E-state index in [1.54, 1.807) is 12.1 Å². The Bertz CT molecular complexity index is 508. The van der Waals surface area contributed by atoms with E-state index in [1.807, 2.05) is 13.8 Å². The molecule has 0 aromatic heterocycles. The van der Waals surface area contributed by atoms with E-state index in [-0.39, 0.29) is 17.3 Å². The Kier molecular flexibility index (Phi) is 6.13. The summed E-state index contributed by atoms with van der Waals surface area (Å²) in [6, 6.07) is 6.46. The molecule has 0 aliphatic carbocycles. The first-order valence-electron chi connectivity index (χ1n) is 8.38. The smallest absolute Gasteiger partial charge is 0.234 e. The van der Waals surface area contributed by atoms with Crippen LogP contribution in [0.4, 0.5) is 4.39 Å². The minimum absolute atomic E-state index is 0.0575. The average molecular weight is 321 g/mol. The highest BCUT2D eigenvalue weighted by Crippen LogP contribution is 2.13. The van der Waals surface area contributed by atoms with Gasteiger partial charge >= 0.3 is 0 Å². The number of hydrogen-bond donors (Lipinski definition) is 1. The maximum Gasteiger partial charge on any atom is 0.234 e. The van der Waals surface area contributed by atoms with Gasteiger partial charge in [-0.05, 0) is 44.5 Å². The Morgan fingerprint density at radius 1 is 1.13 bits per heavy atom. The summed E-state index contributed by atoms with van der Waals surface area (Å²) in [5.41, 5.74) is 0.674. The van der Waals surface area contributed by atoms with Crippen LogP contribution in [0.15, 0.2) is 24.3 Å². The molecule has 5 heteroatoms. The van der Waals surface area contributed by atoms with Crippen LogP contribution in [0.5, 0.6) is 0 Å². The third kappa shape index (κ3) is 5.92. The molecule has 0 radical (unpaired) electrons. The molecule has 1 saturated heterocycles.